The molecule has 19 nitrogen and oxygen atoms in total. The summed E-state index contributed by atoms with van der Waals surface area (Å²) in [6.45, 7) is -10.4. The minimum atomic E-state index is -4.48. The number of nitrogen functional groups attached to an aromatic ring is 2. The van der Waals surface area contributed by atoms with Gasteiger partial charge in [0.2, 0.25) is 5.95 Å². The van der Waals surface area contributed by atoms with Gasteiger partial charge < -0.3 is 20.9 Å². The monoisotopic (exact) mass is 710 g/mol. The third kappa shape index (κ3) is 5.53. The number of aromatic amines is 1. The van der Waals surface area contributed by atoms with Crippen LogP contribution in [0.25, 0.3) is 22.3 Å². The molecule has 3 aliphatic heterocycles. The first-order valence-electron chi connectivity index (χ1n) is 12.9. The zero-order chi connectivity index (χ0) is 31.8. The van der Waals surface area contributed by atoms with Crippen LogP contribution in [0.2, 0.25) is 0 Å². The Morgan fingerprint density at radius 1 is 0.844 bits per heavy atom. The van der Waals surface area contributed by atoms with E-state index >= 15 is 8.78 Å². The summed E-state index contributed by atoms with van der Waals surface area (Å²) >= 11 is 7.94. The Morgan fingerprint density at radius 2 is 1.47 bits per heavy atom. The van der Waals surface area contributed by atoms with Crippen molar-refractivity contribution in [2.75, 3.05) is 24.7 Å². The number of H-pyrrole nitrogens is 1. The molecular formula is C20H22F2N10O9P2S2. The molecule has 0 spiro atoms. The quantitative estimate of drug-likeness (QED) is 0.146. The summed E-state index contributed by atoms with van der Waals surface area (Å²) in [6, 6.07) is 0. The molecule has 45 heavy (non-hydrogen) atoms. The van der Waals surface area contributed by atoms with E-state index in [2.05, 4.69) is 54.4 Å². The van der Waals surface area contributed by atoms with Crippen LogP contribution in [0.1, 0.15) is 12.5 Å². The van der Waals surface area contributed by atoms with Gasteiger partial charge in [0, 0.05) is 0 Å². The lowest BCUT2D eigenvalue weighted by Gasteiger charge is -2.26. The maximum atomic E-state index is 16.0. The number of nitrogens with zero attached hydrogens (tertiary/aromatic N) is 7. The topological polar surface area (TPSA) is 249 Å². The number of thiol groups is 2. The van der Waals surface area contributed by atoms with Crippen molar-refractivity contribution in [3.8, 4) is 0 Å². The van der Waals surface area contributed by atoms with Gasteiger partial charge in [-0.25, -0.2) is 37.8 Å². The number of nitrogens with one attached hydrogen (secondary N) is 1. The second-order valence-electron chi connectivity index (χ2n) is 10.0. The molecule has 3 aliphatic rings. The molecule has 3 fully saturated rings. The largest absolute Gasteiger partial charge is 0.386 e. The first-order valence-corrected chi connectivity index (χ1v) is 18.3. The summed E-state index contributed by atoms with van der Waals surface area (Å²) in [7, 11) is 0. The normalized spacial score (nSPS) is 37.7. The number of halogens is 2. The van der Waals surface area contributed by atoms with Crippen molar-refractivity contribution in [3.05, 3.63) is 29.3 Å². The molecule has 7 heterocycles. The summed E-state index contributed by atoms with van der Waals surface area (Å²) in [6.07, 6.45) is -9.99. The molecule has 10 atom stereocenters. The number of nitrogens with two attached hydrogens (primary N) is 2. The predicted octanol–water partition coefficient (Wildman–Crippen LogP) is 1.49. The number of aromatic nitrogens is 8. The fourth-order valence-electron chi connectivity index (χ4n) is 5.23. The van der Waals surface area contributed by atoms with E-state index < -0.39 is 81.6 Å². The number of hydrogen-bond acceptors (Lipinski definition) is 16. The lowest BCUT2D eigenvalue weighted by molar-refractivity contribution is -0.0563. The second kappa shape index (κ2) is 11.2. The SMILES string of the molecule is Nc1nc2c(ncn2[C@@H]2O[C@@H]3CO[P@](=O)(S)O[C@@H]4[C@H](F)C(CO[P@@](=O)(S)O[C@H]3[C@H]2F)O[C@H]4n2cnc3c(N)ncnc32)c(=O)[nH]1. The molecule has 25 heteroatoms. The Hall–Kier alpha value is -2.72. The molecule has 5 N–H and O–H groups in total. The van der Waals surface area contributed by atoms with Crippen molar-refractivity contribution in [1.82, 2.24) is 39.0 Å². The highest BCUT2D eigenvalue weighted by Crippen LogP contribution is 2.60. The smallest absolute Gasteiger partial charge is 0.382 e. The molecule has 0 amide bonds. The molecule has 2 bridgehead atoms. The first-order chi connectivity index (χ1) is 21.3. The van der Waals surface area contributed by atoms with Crippen molar-refractivity contribution in [3.63, 3.8) is 0 Å². The number of imidazole rings is 2. The standard InChI is InChI=1S/C20H22F2N10O9P2S2/c21-8-6-1-36-42(34,44)40-12-7(39-18(9(12)22)32-5-28-11-16(32)29-20(24)30-17(11)33)2-37-43(35,45)41-13(8)19(38-6)31-4-27-10-14(23)25-3-26-15(10)31/h3-9,12-13,18-19H,1-2H2,(H,34,44)(H,35,45)(H2,23,25,26)(H3,24,29,30,33)/t6?,7-,8-,9-,12-,13-,18-,19-,42-,43+/m1/s1. The summed E-state index contributed by atoms with van der Waals surface area (Å²) in [5, 5.41) is 0. The van der Waals surface area contributed by atoms with Crippen LogP contribution in [-0.2, 0) is 36.7 Å². The average Bonchev–Trinajstić information content (AvgIpc) is 3.72. The third-order valence-electron chi connectivity index (χ3n) is 7.23. The van der Waals surface area contributed by atoms with Crippen LogP contribution in [0.15, 0.2) is 23.8 Å². The molecule has 4 aromatic rings. The molecule has 1 unspecified atom stereocenters. The fraction of sp³-hybridized carbons (Fsp3) is 0.500. The summed E-state index contributed by atoms with van der Waals surface area (Å²) in [5.41, 5.74) is 10.8. The summed E-state index contributed by atoms with van der Waals surface area (Å²) in [4.78, 5) is 34.5. The maximum Gasteiger partial charge on any atom is 0.386 e. The number of alkyl halides is 2. The number of anilines is 2. The molecule has 4 aromatic heterocycles. The van der Waals surface area contributed by atoms with E-state index in [1.807, 2.05) is 0 Å². The van der Waals surface area contributed by atoms with E-state index in [-0.39, 0.29) is 34.1 Å². The Bertz CT molecular complexity index is 1950. The molecular weight excluding hydrogens is 688 g/mol. The van der Waals surface area contributed by atoms with Crippen molar-refractivity contribution >= 4 is 72.2 Å². The van der Waals surface area contributed by atoms with Gasteiger partial charge in [-0.15, -0.1) is 0 Å². The van der Waals surface area contributed by atoms with Crippen molar-refractivity contribution in [2.45, 2.75) is 49.2 Å². The van der Waals surface area contributed by atoms with Gasteiger partial charge in [0.1, 0.15) is 36.3 Å². The van der Waals surface area contributed by atoms with Crippen LogP contribution < -0.4 is 17.0 Å². The van der Waals surface area contributed by atoms with Crippen LogP contribution in [0.4, 0.5) is 20.5 Å². The van der Waals surface area contributed by atoms with E-state index in [1.54, 1.807) is 0 Å². The van der Waals surface area contributed by atoms with E-state index in [4.69, 9.17) is 39.0 Å². The van der Waals surface area contributed by atoms with Gasteiger partial charge in [0.15, 0.2) is 47.4 Å². The maximum absolute atomic E-state index is 16.0. The molecule has 0 saturated carbocycles. The summed E-state index contributed by atoms with van der Waals surface area (Å²) < 4.78 is 94.2. The number of fused-ring (bicyclic) bond motifs is 5. The molecule has 0 aromatic carbocycles. The second-order valence-corrected chi connectivity index (χ2v) is 15.8. The van der Waals surface area contributed by atoms with Gasteiger partial charge >= 0.3 is 13.6 Å². The fourth-order valence-corrected chi connectivity index (χ4v) is 8.17. The van der Waals surface area contributed by atoms with Crippen molar-refractivity contribution < 1.29 is 45.5 Å². The molecule has 3 saturated heterocycles. The highest BCUT2D eigenvalue weighted by molar-refractivity contribution is 8.44. The number of ether oxygens (including phenoxy) is 2. The van der Waals surface area contributed by atoms with Gasteiger partial charge in [0.05, 0.1) is 25.9 Å². The first kappa shape index (κ1) is 30.9. The molecule has 7 rings (SSSR count). The van der Waals surface area contributed by atoms with E-state index in [1.165, 1.54) is 10.9 Å². The van der Waals surface area contributed by atoms with Crippen molar-refractivity contribution in [2.24, 2.45) is 0 Å². The minimum absolute atomic E-state index is 0.0368. The van der Waals surface area contributed by atoms with Gasteiger partial charge in [-0.1, -0.05) is 24.5 Å². The molecule has 0 radical (unpaired) electrons. The zero-order valence-corrected chi connectivity index (χ0v) is 25.8. The Balaban J connectivity index is 1.21. The highest BCUT2D eigenvalue weighted by Gasteiger charge is 2.54. The van der Waals surface area contributed by atoms with E-state index in [9.17, 15) is 13.9 Å². The van der Waals surface area contributed by atoms with Crippen molar-refractivity contribution in [1.29, 1.82) is 0 Å². The third-order valence-corrected chi connectivity index (χ3v) is 10.5. The Labute approximate surface area is 259 Å². The Morgan fingerprint density at radius 3 is 2.20 bits per heavy atom. The molecule has 242 valence electrons. The van der Waals surface area contributed by atoms with Gasteiger partial charge in [0.25, 0.3) is 5.56 Å². The van der Waals surface area contributed by atoms with Crippen LogP contribution in [0, 0.1) is 0 Å². The minimum Gasteiger partial charge on any atom is -0.382 e. The van der Waals surface area contributed by atoms with E-state index in [0.717, 1.165) is 17.2 Å². The summed E-state index contributed by atoms with van der Waals surface area (Å²) in [5.74, 6) is -0.234. The number of hydrogen-bond donors (Lipinski definition) is 5. The van der Waals surface area contributed by atoms with Gasteiger partial charge in [-0.2, -0.15) is 4.98 Å². The molecule has 0 aliphatic carbocycles. The predicted molar refractivity (Wildman–Crippen MR) is 155 cm³/mol. The highest BCUT2D eigenvalue weighted by atomic mass is 32.7. The van der Waals surface area contributed by atoms with Crippen LogP contribution in [-0.4, -0.2) is 89.0 Å². The Kier molecular flexibility index (Phi) is 7.70. The van der Waals surface area contributed by atoms with Gasteiger partial charge in [-0.3, -0.25) is 37.0 Å². The van der Waals surface area contributed by atoms with E-state index in [0.29, 0.717) is 0 Å². The number of rotatable bonds is 2. The van der Waals surface area contributed by atoms with Crippen LogP contribution in [0.5, 0.6) is 0 Å². The lowest BCUT2D eigenvalue weighted by Crippen LogP contribution is -2.33. The lowest BCUT2D eigenvalue weighted by atomic mass is 10.1. The average molecular weight is 711 g/mol. The van der Waals surface area contributed by atoms with Crippen LogP contribution >= 0.6 is 38.1 Å². The zero-order valence-electron chi connectivity index (χ0n) is 22.3. The van der Waals surface area contributed by atoms with Crippen LogP contribution in [0.3, 0.4) is 0 Å². The van der Waals surface area contributed by atoms with Gasteiger partial charge in [-0.05, 0) is 0 Å².